The number of thioether (sulfide) groups is 1. The molecule has 0 radical (unpaired) electrons. The molecule has 2 aromatic carbocycles. The summed E-state index contributed by atoms with van der Waals surface area (Å²) in [4.78, 5) is 52.3. The fourth-order valence-corrected chi connectivity index (χ4v) is 7.59. The number of benzene rings is 2. The molecule has 1 aliphatic carbocycles. The summed E-state index contributed by atoms with van der Waals surface area (Å²) in [5, 5.41) is 7.15. The highest BCUT2D eigenvalue weighted by Crippen LogP contribution is 2.54. The number of amides is 1. The predicted octanol–water partition coefficient (Wildman–Crippen LogP) is 6.61. The normalized spacial score (nSPS) is 18.0. The molecule has 0 fully saturated rings. The smallest absolute Gasteiger partial charge is 0.249 e. The molecule has 1 spiro atoms. The van der Waals surface area contributed by atoms with Crippen molar-refractivity contribution in [3.8, 4) is 45.8 Å². The summed E-state index contributed by atoms with van der Waals surface area (Å²) in [6, 6.07) is 13.2. The number of carbonyl (C=O) groups excluding carboxylic acids is 3. The van der Waals surface area contributed by atoms with Gasteiger partial charge in [0.1, 0.15) is 51.1 Å². The van der Waals surface area contributed by atoms with Gasteiger partial charge in [0.05, 0.1) is 33.3 Å². The summed E-state index contributed by atoms with van der Waals surface area (Å²) in [6.45, 7) is 1.74. The highest BCUT2D eigenvalue weighted by molar-refractivity contribution is 7.98. The molecule has 4 heterocycles. The monoisotopic (exact) mass is 758 g/mol. The molecule has 1 N–H and O–H groups in total. The van der Waals surface area contributed by atoms with Gasteiger partial charge in [0, 0.05) is 35.7 Å². The summed E-state index contributed by atoms with van der Waals surface area (Å²) < 4.78 is 34.7. The van der Waals surface area contributed by atoms with Gasteiger partial charge in [-0.1, -0.05) is 29.7 Å². The molecule has 0 saturated carbocycles. The second kappa shape index (κ2) is 14.6. The molecular weight excluding hydrogens is 724 g/mol. The van der Waals surface area contributed by atoms with Crippen LogP contribution in [-0.2, 0) is 17.6 Å². The van der Waals surface area contributed by atoms with Gasteiger partial charge in [-0.25, -0.2) is 0 Å². The van der Waals surface area contributed by atoms with Gasteiger partial charge in [-0.05, 0) is 54.8 Å². The van der Waals surface area contributed by atoms with Gasteiger partial charge in [-0.3, -0.25) is 19.4 Å². The zero-order valence-electron chi connectivity index (χ0n) is 29.5. The second-order valence-electron chi connectivity index (χ2n) is 12.6. The van der Waals surface area contributed by atoms with Crippen LogP contribution in [0.4, 0.5) is 0 Å². The zero-order chi connectivity index (χ0) is 37.4. The highest BCUT2D eigenvalue weighted by Gasteiger charge is 2.63. The van der Waals surface area contributed by atoms with E-state index in [1.807, 2.05) is 12.3 Å². The summed E-state index contributed by atoms with van der Waals surface area (Å²) in [5.41, 5.74) is -0.437. The lowest BCUT2D eigenvalue weighted by Gasteiger charge is -2.35. The van der Waals surface area contributed by atoms with Crippen molar-refractivity contribution in [2.24, 2.45) is 5.92 Å². The number of ether oxygens (including phenoxy) is 4. The second-order valence-corrected chi connectivity index (χ2v) is 13.9. The van der Waals surface area contributed by atoms with Gasteiger partial charge in [0.25, 0.3) is 0 Å². The molecule has 53 heavy (non-hydrogen) atoms. The first kappa shape index (κ1) is 36.0. The van der Waals surface area contributed by atoms with Gasteiger partial charge in [0.2, 0.25) is 34.8 Å². The van der Waals surface area contributed by atoms with Crippen LogP contribution in [0.15, 0.2) is 63.7 Å². The van der Waals surface area contributed by atoms with Crippen LogP contribution >= 0.6 is 23.4 Å². The Morgan fingerprint density at radius 2 is 1.81 bits per heavy atom. The van der Waals surface area contributed by atoms with Crippen molar-refractivity contribution >= 4 is 40.8 Å². The number of furan rings is 1. The van der Waals surface area contributed by atoms with Gasteiger partial charge in [-0.15, -0.1) is 0 Å². The van der Waals surface area contributed by atoms with Crippen molar-refractivity contribution in [1.82, 2.24) is 20.4 Å². The first-order valence-corrected chi connectivity index (χ1v) is 18.5. The predicted molar refractivity (Wildman–Crippen MR) is 195 cm³/mol. The van der Waals surface area contributed by atoms with Crippen LogP contribution in [-0.4, -0.2) is 71.5 Å². The quantitative estimate of drug-likeness (QED) is 0.135. The molecule has 274 valence electrons. The number of hydrogen-bond donors (Lipinski definition) is 1. The van der Waals surface area contributed by atoms with E-state index >= 15 is 0 Å². The standard InChI is InChI=1S/C38H35ClN4O9S/c1-19-16-26-29(34(45)38(19)35(46)30-25(48-3)18-27(49-4)31(39)33(30)51-38)22(32(50-26)20-9-11-21(47-2)12-10-20)17-28(44)41-24(13-15-53-5)37-42-36(43-52-37)23-8-6-7-14-40-23/h6-12,14,18-19,24H,13,15-17H2,1-5H3,(H,41,44)/t19-,24?,38+/m1/s1. The molecule has 3 atom stereocenters. The summed E-state index contributed by atoms with van der Waals surface area (Å²) in [6.07, 6.45) is 3.93. The summed E-state index contributed by atoms with van der Waals surface area (Å²) >= 11 is 8.25. The number of carbonyl (C=O) groups is 3. The van der Waals surface area contributed by atoms with Gasteiger partial charge in [-0.2, -0.15) is 16.7 Å². The van der Waals surface area contributed by atoms with E-state index in [4.69, 9.17) is 39.5 Å². The van der Waals surface area contributed by atoms with Crippen LogP contribution in [0, 0.1) is 5.92 Å². The minimum atomic E-state index is -2.00. The number of Topliss-reactive ketones (excluding diaryl/α,β-unsaturated/α-hetero) is 2. The Hall–Kier alpha value is -5.34. The van der Waals surface area contributed by atoms with Crippen LogP contribution in [0.2, 0.25) is 5.02 Å². The number of aromatic nitrogens is 3. The van der Waals surface area contributed by atoms with Gasteiger partial charge >= 0.3 is 0 Å². The highest BCUT2D eigenvalue weighted by atomic mass is 35.5. The van der Waals surface area contributed by atoms with E-state index in [1.165, 1.54) is 20.3 Å². The number of halogens is 1. The SMILES string of the molecule is COc1ccc(-c2oc3c(c2CC(=O)NC(CCSC)c2nc(-c4ccccn4)no2)C(=O)[C@@]2(Oc4c(Cl)c(OC)cc(OC)c4C2=O)[C@H](C)C3)cc1. The molecule has 15 heteroatoms. The molecule has 5 aromatic rings. The first-order chi connectivity index (χ1) is 25.6. The van der Waals surface area contributed by atoms with Crippen LogP contribution in [0.25, 0.3) is 22.8 Å². The van der Waals surface area contributed by atoms with Crippen LogP contribution in [0.3, 0.4) is 0 Å². The molecule has 7 rings (SSSR count). The van der Waals surface area contributed by atoms with Crippen molar-refractivity contribution in [2.45, 2.75) is 37.8 Å². The molecule has 1 amide bonds. The lowest BCUT2D eigenvalue weighted by Crippen LogP contribution is -2.56. The zero-order valence-corrected chi connectivity index (χ0v) is 31.1. The van der Waals surface area contributed by atoms with E-state index < -0.39 is 35.0 Å². The average Bonchev–Trinajstić information content (AvgIpc) is 3.89. The Labute approximate surface area is 313 Å². The molecule has 3 aromatic heterocycles. The maximum absolute atomic E-state index is 15.0. The molecule has 13 nitrogen and oxygen atoms in total. The van der Waals surface area contributed by atoms with E-state index in [0.29, 0.717) is 46.3 Å². The number of nitrogens with zero attached hydrogens (tertiary/aromatic N) is 3. The van der Waals surface area contributed by atoms with Crippen molar-refractivity contribution < 1.29 is 42.3 Å². The molecule has 0 saturated heterocycles. The van der Waals surface area contributed by atoms with E-state index in [-0.39, 0.29) is 58.0 Å². The molecule has 1 unspecified atom stereocenters. The lowest BCUT2D eigenvalue weighted by molar-refractivity contribution is -0.121. The maximum Gasteiger partial charge on any atom is 0.249 e. The number of rotatable bonds is 12. The van der Waals surface area contributed by atoms with Crippen LogP contribution in [0.5, 0.6) is 23.0 Å². The number of hydrogen-bond acceptors (Lipinski definition) is 13. The van der Waals surface area contributed by atoms with Crippen LogP contribution < -0.4 is 24.3 Å². The number of ketones is 2. The Morgan fingerprint density at radius 3 is 2.49 bits per heavy atom. The Kier molecular flexibility index (Phi) is 9.92. The van der Waals surface area contributed by atoms with Crippen molar-refractivity contribution in [1.29, 1.82) is 0 Å². The van der Waals surface area contributed by atoms with E-state index in [9.17, 15) is 14.4 Å². The third kappa shape index (κ3) is 6.19. The molecular formula is C38H35ClN4O9S. The lowest BCUT2D eigenvalue weighted by atomic mass is 9.70. The van der Waals surface area contributed by atoms with Crippen molar-refractivity contribution in [2.75, 3.05) is 33.3 Å². The number of fused-ring (bicyclic) bond motifs is 2. The summed E-state index contributed by atoms with van der Waals surface area (Å²) in [5.74, 6) is 0.428. The van der Waals surface area contributed by atoms with Crippen LogP contribution in [0.1, 0.15) is 57.3 Å². The maximum atomic E-state index is 15.0. The largest absolute Gasteiger partial charge is 0.497 e. The van der Waals surface area contributed by atoms with Crippen molar-refractivity contribution in [3.05, 3.63) is 88.1 Å². The molecule has 1 aliphatic heterocycles. The Bertz CT molecular complexity index is 2210. The summed E-state index contributed by atoms with van der Waals surface area (Å²) in [7, 11) is 4.38. The molecule has 0 bridgehead atoms. The minimum absolute atomic E-state index is 0.00375. The Balaban J connectivity index is 1.28. The van der Waals surface area contributed by atoms with E-state index in [1.54, 1.807) is 68.4 Å². The third-order valence-corrected chi connectivity index (χ3v) is 10.5. The van der Waals surface area contributed by atoms with E-state index in [2.05, 4.69) is 20.4 Å². The van der Waals surface area contributed by atoms with Crippen molar-refractivity contribution in [3.63, 3.8) is 0 Å². The first-order valence-electron chi connectivity index (χ1n) is 16.7. The number of methoxy groups -OCH3 is 3. The van der Waals surface area contributed by atoms with Gasteiger partial charge < -0.3 is 33.2 Å². The number of pyridine rings is 1. The van der Waals surface area contributed by atoms with Gasteiger partial charge in [0.15, 0.2) is 5.75 Å². The Morgan fingerprint density at radius 1 is 1.06 bits per heavy atom. The third-order valence-electron chi connectivity index (χ3n) is 9.52. The topological polar surface area (TPSA) is 165 Å². The average molecular weight is 759 g/mol. The van der Waals surface area contributed by atoms with E-state index in [0.717, 1.165) is 0 Å². The fraction of sp³-hybridized carbons (Fsp3) is 0.316. The fourth-order valence-electron chi connectivity index (χ4n) is 6.85. The molecule has 2 aliphatic rings. The minimum Gasteiger partial charge on any atom is -0.497 e. The number of nitrogens with one attached hydrogen (secondary N) is 1.